The van der Waals surface area contributed by atoms with Crippen LogP contribution in [0, 0.1) is 5.82 Å². The van der Waals surface area contributed by atoms with E-state index in [1.54, 1.807) is 0 Å². The zero-order valence-corrected chi connectivity index (χ0v) is 14.3. The summed E-state index contributed by atoms with van der Waals surface area (Å²) in [6, 6.07) is 13.0. The fraction of sp³-hybridized carbons (Fsp3) is 0.263. The van der Waals surface area contributed by atoms with Crippen molar-refractivity contribution < 1.29 is 14.0 Å². The lowest BCUT2D eigenvalue weighted by Gasteiger charge is -2.24. The Morgan fingerprint density at radius 3 is 2.64 bits per heavy atom. The molecule has 0 bridgehead atoms. The van der Waals surface area contributed by atoms with Crippen LogP contribution in [-0.4, -0.2) is 29.3 Å². The quantitative estimate of drug-likeness (QED) is 0.908. The lowest BCUT2D eigenvalue weighted by atomic mass is 10.1. The van der Waals surface area contributed by atoms with Crippen LogP contribution in [0.3, 0.4) is 0 Å². The van der Waals surface area contributed by atoms with Crippen molar-refractivity contribution >= 4 is 23.4 Å². The molecule has 1 saturated heterocycles. The van der Waals surface area contributed by atoms with Crippen LogP contribution in [0.15, 0.2) is 48.5 Å². The predicted octanol–water partition coefficient (Wildman–Crippen LogP) is 3.40. The highest BCUT2D eigenvalue weighted by atomic mass is 35.5. The second-order valence-corrected chi connectivity index (χ2v) is 6.36. The van der Waals surface area contributed by atoms with Gasteiger partial charge in [0.1, 0.15) is 11.9 Å². The molecule has 1 aliphatic rings. The molecule has 130 valence electrons. The van der Waals surface area contributed by atoms with E-state index in [0.717, 1.165) is 5.56 Å². The van der Waals surface area contributed by atoms with E-state index in [0.29, 0.717) is 25.9 Å². The SMILES string of the molecule is O=C(NCc1ccccc1)[C@@H]1CCCN1C(=O)c1c(F)cccc1Cl. The maximum absolute atomic E-state index is 14.0. The number of hydrogen-bond acceptors (Lipinski definition) is 2. The fourth-order valence-corrected chi connectivity index (χ4v) is 3.27. The Balaban J connectivity index is 1.71. The van der Waals surface area contributed by atoms with Gasteiger partial charge in [0.2, 0.25) is 5.91 Å². The van der Waals surface area contributed by atoms with Crippen molar-refractivity contribution in [2.75, 3.05) is 6.54 Å². The number of carbonyl (C=O) groups is 2. The van der Waals surface area contributed by atoms with Gasteiger partial charge in [-0.15, -0.1) is 0 Å². The third-order valence-electron chi connectivity index (χ3n) is 4.30. The smallest absolute Gasteiger partial charge is 0.259 e. The average Bonchev–Trinajstić information content (AvgIpc) is 3.10. The van der Waals surface area contributed by atoms with Crippen LogP contribution in [-0.2, 0) is 11.3 Å². The number of halogens is 2. The summed E-state index contributed by atoms with van der Waals surface area (Å²) in [5.41, 5.74) is 0.802. The molecule has 1 N–H and O–H groups in total. The molecule has 1 heterocycles. The maximum atomic E-state index is 14.0. The summed E-state index contributed by atoms with van der Waals surface area (Å²) in [5.74, 6) is -1.45. The molecule has 2 amide bonds. The van der Waals surface area contributed by atoms with E-state index in [4.69, 9.17) is 11.6 Å². The van der Waals surface area contributed by atoms with Crippen LogP contribution in [0.1, 0.15) is 28.8 Å². The molecule has 1 fully saturated rings. The van der Waals surface area contributed by atoms with Gasteiger partial charge in [0.25, 0.3) is 5.91 Å². The Kier molecular flexibility index (Phi) is 5.34. The van der Waals surface area contributed by atoms with E-state index in [1.165, 1.54) is 23.1 Å². The molecule has 0 spiro atoms. The highest BCUT2D eigenvalue weighted by Crippen LogP contribution is 2.26. The van der Waals surface area contributed by atoms with Crippen molar-refractivity contribution in [2.45, 2.75) is 25.4 Å². The summed E-state index contributed by atoms with van der Waals surface area (Å²) in [6.45, 7) is 0.797. The number of hydrogen-bond donors (Lipinski definition) is 1. The van der Waals surface area contributed by atoms with Crippen molar-refractivity contribution in [3.05, 3.63) is 70.5 Å². The lowest BCUT2D eigenvalue weighted by Crippen LogP contribution is -2.46. The summed E-state index contributed by atoms with van der Waals surface area (Å²) in [7, 11) is 0. The van der Waals surface area contributed by atoms with Crippen LogP contribution in [0.5, 0.6) is 0 Å². The third-order valence-corrected chi connectivity index (χ3v) is 4.62. The van der Waals surface area contributed by atoms with Crippen molar-refractivity contribution in [3.63, 3.8) is 0 Å². The molecule has 2 aromatic rings. The molecule has 4 nitrogen and oxygen atoms in total. The first-order valence-corrected chi connectivity index (χ1v) is 8.52. The molecule has 6 heteroatoms. The van der Waals surface area contributed by atoms with Gasteiger partial charge in [-0.25, -0.2) is 4.39 Å². The number of carbonyl (C=O) groups excluding carboxylic acids is 2. The minimum absolute atomic E-state index is 0.0559. The Hall–Kier alpha value is -2.40. The van der Waals surface area contributed by atoms with Gasteiger partial charge in [-0.2, -0.15) is 0 Å². The lowest BCUT2D eigenvalue weighted by molar-refractivity contribution is -0.125. The normalized spacial score (nSPS) is 16.7. The van der Waals surface area contributed by atoms with Crippen LogP contribution in [0.2, 0.25) is 5.02 Å². The highest BCUT2D eigenvalue weighted by molar-refractivity contribution is 6.33. The van der Waals surface area contributed by atoms with Crippen molar-refractivity contribution in [1.82, 2.24) is 10.2 Å². The standard InChI is InChI=1S/C19H18ClFN2O2/c20-14-8-4-9-15(21)17(14)19(25)23-11-5-10-16(23)18(24)22-12-13-6-2-1-3-7-13/h1-4,6-9,16H,5,10-12H2,(H,22,24)/t16-/m0/s1. The number of likely N-dealkylation sites (tertiary alicyclic amines) is 1. The predicted molar refractivity (Wildman–Crippen MR) is 93.8 cm³/mol. The number of benzene rings is 2. The Morgan fingerprint density at radius 2 is 1.92 bits per heavy atom. The molecule has 0 aliphatic carbocycles. The number of amides is 2. The van der Waals surface area contributed by atoms with E-state index < -0.39 is 17.8 Å². The van der Waals surface area contributed by atoms with E-state index >= 15 is 0 Å². The molecule has 0 radical (unpaired) electrons. The summed E-state index contributed by atoms with van der Waals surface area (Å²) in [4.78, 5) is 26.6. The fourth-order valence-electron chi connectivity index (χ4n) is 3.03. The number of nitrogens with one attached hydrogen (secondary N) is 1. The van der Waals surface area contributed by atoms with Gasteiger partial charge in [-0.1, -0.05) is 48.0 Å². The molecule has 1 atom stereocenters. The van der Waals surface area contributed by atoms with Gasteiger partial charge >= 0.3 is 0 Å². The number of rotatable bonds is 4. The van der Waals surface area contributed by atoms with Gasteiger partial charge in [-0.05, 0) is 30.5 Å². The molecule has 0 saturated carbocycles. The van der Waals surface area contributed by atoms with Crippen molar-refractivity contribution in [1.29, 1.82) is 0 Å². The van der Waals surface area contributed by atoms with E-state index in [1.807, 2.05) is 30.3 Å². The van der Waals surface area contributed by atoms with Crippen LogP contribution in [0.25, 0.3) is 0 Å². The molecular weight excluding hydrogens is 343 g/mol. The first-order chi connectivity index (χ1) is 12.1. The maximum Gasteiger partial charge on any atom is 0.259 e. The van der Waals surface area contributed by atoms with Crippen molar-refractivity contribution in [3.8, 4) is 0 Å². The zero-order chi connectivity index (χ0) is 17.8. The zero-order valence-electron chi connectivity index (χ0n) is 13.5. The molecule has 1 aliphatic heterocycles. The van der Waals surface area contributed by atoms with Crippen LogP contribution < -0.4 is 5.32 Å². The second kappa shape index (κ2) is 7.66. The first kappa shape index (κ1) is 17.4. The van der Waals surface area contributed by atoms with Gasteiger partial charge in [0.05, 0.1) is 10.6 Å². The van der Waals surface area contributed by atoms with Crippen molar-refractivity contribution in [2.24, 2.45) is 0 Å². The summed E-state index contributed by atoms with van der Waals surface area (Å²) in [6.07, 6.45) is 1.25. The summed E-state index contributed by atoms with van der Waals surface area (Å²) >= 11 is 5.98. The van der Waals surface area contributed by atoms with E-state index in [9.17, 15) is 14.0 Å². The Morgan fingerprint density at radius 1 is 1.16 bits per heavy atom. The summed E-state index contributed by atoms with van der Waals surface area (Å²) in [5, 5.41) is 2.90. The molecular formula is C19H18ClFN2O2. The first-order valence-electron chi connectivity index (χ1n) is 8.14. The number of nitrogens with zero attached hydrogens (tertiary/aromatic N) is 1. The average molecular weight is 361 g/mol. The molecule has 3 rings (SSSR count). The van der Waals surface area contributed by atoms with Gasteiger partial charge in [0, 0.05) is 13.1 Å². The summed E-state index contributed by atoms with van der Waals surface area (Å²) < 4.78 is 14.0. The third kappa shape index (κ3) is 3.82. The van der Waals surface area contributed by atoms with Crippen LogP contribution in [0.4, 0.5) is 4.39 Å². The topological polar surface area (TPSA) is 49.4 Å². The van der Waals surface area contributed by atoms with E-state index in [2.05, 4.69) is 5.32 Å². The van der Waals surface area contributed by atoms with Gasteiger partial charge in [0.15, 0.2) is 0 Å². The molecule has 0 aromatic heterocycles. The van der Waals surface area contributed by atoms with Crippen LogP contribution >= 0.6 is 11.6 Å². The minimum atomic E-state index is -0.673. The monoisotopic (exact) mass is 360 g/mol. The Labute approximate surface area is 150 Å². The molecule has 25 heavy (non-hydrogen) atoms. The highest BCUT2D eigenvalue weighted by Gasteiger charge is 2.36. The molecule has 0 unspecified atom stereocenters. The molecule has 2 aromatic carbocycles. The second-order valence-electron chi connectivity index (χ2n) is 5.96. The largest absolute Gasteiger partial charge is 0.350 e. The van der Waals surface area contributed by atoms with Gasteiger partial charge < -0.3 is 10.2 Å². The Bertz CT molecular complexity index is 762. The van der Waals surface area contributed by atoms with Gasteiger partial charge in [-0.3, -0.25) is 9.59 Å². The van der Waals surface area contributed by atoms with E-state index in [-0.39, 0.29) is 16.5 Å². The minimum Gasteiger partial charge on any atom is -0.350 e.